The minimum absolute atomic E-state index is 0. The first-order valence-electron chi connectivity index (χ1n) is 3.33. The van der Waals surface area contributed by atoms with Gasteiger partial charge >= 0.3 is 0 Å². The number of rotatable bonds is 2. The van der Waals surface area contributed by atoms with E-state index in [9.17, 15) is 0 Å². The summed E-state index contributed by atoms with van der Waals surface area (Å²) in [6.45, 7) is 8.65. The van der Waals surface area contributed by atoms with Gasteiger partial charge in [0, 0.05) is 6.54 Å². The Kier molecular flexibility index (Phi) is 6.35. The van der Waals surface area contributed by atoms with Gasteiger partial charge in [0.1, 0.15) is 0 Å². The molecule has 0 spiro atoms. The molecule has 0 aliphatic heterocycles. The summed E-state index contributed by atoms with van der Waals surface area (Å²) in [5.74, 6) is 0. The molecule has 0 amide bonds. The van der Waals surface area contributed by atoms with Gasteiger partial charge in [-0.1, -0.05) is 0 Å². The molecule has 0 unspecified atom stereocenters. The van der Waals surface area contributed by atoms with Crippen LogP contribution >= 0.6 is 12.4 Å². The molecule has 64 valence electrons. The fraction of sp³-hybridized carbons (Fsp3) is 1.00. The summed E-state index contributed by atoms with van der Waals surface area (Å²) in [5.41, 5.74) is 5.30. The zero-order valence-electron chi connectivity index (χ0n) is 7.18. The highest BCUT2D eigenvalue weighted by atomic mass is 35.5. The molecule has 3 heteroatoms. The van der Waals surface area contributed by atoms with Crippen LogP contribution in [0.15, 0.2) is 0 Å². The van der Waals surface area contributed by atoms with Crippen molar-refractivity contribution in [3.63, 3.8) is 0 Å². The lowest BCUT2D eigenvalue weighted by atomic mass is 10.2. The third kappa shape index (κ3) is 8.21. The van der Waals surface area contributed by atoms with Crippen LogP contribution in [-0.4, -0.2) is 18.2 Å². The molecule has 0 fully saturated rings. The summed E-state index contributed by atoms with van der Waals surface area (Å²) < 4.78 is 5.46. The van der Waals surface area contributed by atoms with Crippen LogP contribution in [0.4, 0.5) is 0 Å². The van der Waals surface area contributed by atoms with Crippen molar-refractivity contribution in [2.24, 2.45) is 5.73 Å². The Bertz CT molecular complexity index is 80.2. The second kappa shape index (κ2) is 4.94. The van der Waals surface area contributed by atoms with E-state index in [1.54, 1.807) is 0 Å². The van der Waals surface area contributed by atoms with E-state index >= 15 is 0 Å². The van der Waals surface area contributed by atoms with Crippen LogP contribution in [0.25, 0.3) is 0 Å². The van der Waals surface area contributed by atoms with Crippen LogP contribution in [0.5, 0.6) is 0 Å². The van der Waals surface area contributed by atoms with E-state index in [0.717, 1.165) is 0 Å². The Morgan fingerprint density at radius 2 is 1.80 bits per heavy atom. The lowest BCUT2D eigenvalue weighted by molar-refractivity contribution is -0.0466. The van der Waals surface area contributed by atoms with Gasteiger partial charge in [0.15, 0.2) is 0 Å². The zero-order chi connectivity index (χ0) is 7.49. The van der Waals surface area contributed by atoms with Crippen molar-refractivity contribution < 1.29 is 4.74 Å². The van der Waals surface area contributed by atoms with Gasteiger partial charge in [-0.25, -0.2) is 0 Å². The van der Waals surface area contributed by atoms with E-state index < -0.39 is 0 Å². The van der Waals surface area contributed by atoms with Crippen LogP contribution in [0, 0.1) is 0 Å². The van der Waals surface area contributed by atoms with Crippen LogP contribution in [0.3, 0.4) is 0 Å². The standard InChI is InChI=1S/C7H17NO.ClH/c1-6(5-8)9-7(2,3)4;/h6H,5,8H2,1-4H3;1H/t6-;/m0./s1. The first-order valence-corrected chi connectivity index (χ1v) is 3.33. The third-order valence-corrected chi connectivity index (χ3v) is 0.887. The maximum absolute atomic E-state index is 5.46. The number of halogens is 1. The molecule has 2 nitrogen and oxygen atoms in total. The fourth-order valence-electron chi connectivity index (χ4n) is 0.652. The Morgan fingerprint density at radius 3 is 1.90 bits per heavy atom. The smallest absolute Gasteiger partial charge is 0.0676 e. The van der Waals surface area contributed by atoms with Crippen molar-refractivity contribution in [3.8, 4) is 0 Å². The van der Waals surface area contributed by atoms with E-state index in [-0.39, 0.29) is 24.1 Å². The van der Waals surface area contributed by atoms with Crippen molar-refractivity contribution in [1.29, 1.82) is 0 Å². The molecule has 10 heavy (non-hydrogen) atoms. The molecule has 0 aromatic heterocycles. The summed E-state index contributed by atoms with van der Waals surface area (Å²) in [7, 11) is 0. The van der Waals surface area contributed by atoms with Gasteiger partial charge in [-0.15, -0.1) is 12.4 Å². The minimum atomic E-state index is -0.0568. The van der Waals surface area contributed by atoms with Crippen molar-refractivity contribution in [2.75, 3.05) is 6.54 Å². The quantitative estimate of drug-likeness (QED) is 0.678. The lowest BCUT2D eigenvalue weighted by Crippen LogP contribution is -2.30. The molecule has 0 heterocycles. The Labute approximate surface area is 69.5 Å². The summed E-state index contributed by atoms with van der Waals surface area (Å²) in [6.07, 6.45) is 0.171. The second-order valence-electron chi connectivity index (χ2n) is 3.28. The van der Waals surface area contributed by atoms with Gasteiger partial charge in [0.2, 0.25) is 0 Å². The van der Waals surface area contributed by atoms with E-state index in [4.69, 9.17) is 10.5 Å². The van der Waals surface area contributed by atoms with Crippen LogP contribution < -0.4 is 5.73 Å². The monoisotopic (exact) mass is 167 g/mol. The molecule has 0 bridgehead atoms. The largest absolute Gasteiger partial charge is 0.372 e. The van der Waals surface area contributed by atoms with Gasteiger partial charge in [-0.3, -0.25) is 0 Å². The summed E-state index contributed by atoms with van der Waals surface area (Å²) in [5, 5.41) is 0. The lowest BCUT2D eigenvalue weighted by Gasteiger charge is -2.23. The molecule has 0 aliphatic carbocycles. The Balaban J connectivity index is 0. The first kappa shape index (κ1) is 12.8. The van der Waals surface area contributed by atoms with Crippen molar-refractivity contribution in [1.82, 2.24) is 0 Å². The summed E-state index contributed by atoms with van der Waals surface area (Å²) in [6, 6.07) is 0. The van der Waals surface area contributed by atoms with Gasteiger partial charge in [-0.05, 0) is 27.7 Å². The molecule has 0 aliphatic rings. The van der Waals surface area contributed by atoms with Crippen LogP contribution in [-0.2, 0) is 4.74 Å². The molecule has 0 saturated heterocycles. The number of hydrogen-bond donors (Lipinski definition) is 1. The third-order valence-electron chi connectivity index (χ3n) is 0.887. The van der Waals surface area contributed by atoms with E-state index in [1.807, 2.05) is 27.7 Å². The first-order chi connectivity index (χ1) is 3.95. The van der Waals surface area contributed by atoms with E-state index in [1.165, 1.54) is 0 Å². The molecule has 0 aromatic carbocycles. The molecule has 2 N–H and O–H groups in total. The SMILES string of the molecule is C[C@@H](CN)OC(C)(C)C.Cl. The molecular formula is C7H18ClNO. The van der Waals surface area contributed by atoms with Gasteiger partial charge in [-0.2, -0.15) is 0 Å². The molecular weight excluding hydrogens is 150 g/mol. The maximum atomic E-state index is 5.46. The molecule has 0 saturated carbocycles. The number of hydrogen-bond acceptors (Lipinski definition) is 2. The topological polar surface area (TPSA) is 35.2 Å². The molecule has 0 rings (SSSR count). The Hall–Kier alpha value is 0.210. The predicted octanol–water partition coefficient (Wildman–Crippen LogP) is 1.57. The number of nitrogens with two attached hydrogens (primary N) is 1. The van der Waals surface area contributed by atoms with Gasteiger partial charge in [0.25, 0.3) is 0 Å². The molecule has 0 aromatic rings. The van der Waals surface area contributed by atoms with Crippen LogP contribution in [0.1, 0.15) is 27.7 Å². The molecule has 1 atom stereocenters. The van der Waals surface area contributed by atoms with Gasteiger partial charge < -0.3 is 10.5 Å². The van der Waals surface area contributed by atoms with Crippen molar-refractivity contribution in [2.45, 2.75) is 39.4 Å². The average molecular weight is 168 g/mol. The molecule has 0 radical (unpaired) electrons. The zero-order valence-corrected chi connectivity index (χ0v) is 7.99. The number of ether oxygens (including phenoxy) is 1. The predicted molar refractivity (Wildman–Crippen MR) is 46.6 cm³/mol. The summed E-state index contributed by atoms with van der Waals surface area (Å²) >= 11 is 0. The highest BCUT2D eigenvalue weighted by molar-refractivity contribution is 5.85. The fourth-order valence-corrected chi connectivity index (χ4v) is 0.652. The van der Waals surface area contributed by atoms with Crippen LogP contribution in [0.2, 0.25) is 0 Å². The van der Waals surface area contributed by atoms with Crippen molar-refractivity contribution >= 4 is 12.4 Å². The Morgan fingerprint density at radius 1 is 1.40 bits per heavy atom. The average Bonchev–Trinajstić information content (AvgIpc) is 1.62. The second-order valence-corrected chi connectivity index (χ2v) is 3.28. The maximum Gasteiger partial charge on any atom is 0.0676 e. The highest BCUT2D eigenvalue weighted by Gasteiger charge is 2.13. The van der Waals surface area contributed by atoms with Crippen molar-refractivity contribution in [3.05, 3.63) is 0 Å². The highest BCUT2D eigenvalue weighted by Crippen LogP contribution is 2.09. The normalized spacial score (nSPS) is 14.1. The van der Waals surface area contributed by atoms with E-state index in [0.29, 0.717) is 6.54 Å². The minimum Gasteiger partial charge on any atom is -0.372 e. The summed E-state index contributed by atoms with van der Waals surface area (Å²) in [4.78, 5) is 0. The van der Waals surface area contributed by atoms with Gasteiger partial charge in [0.05, 0.1) is 11.7 Å². The van der Waals surface area contributed by atoms with E-state index in [2.05, 4.69) is 0 Å².